The zero-order valence-corrected chi connectivity index (χ0v) is 8.20. The molecule has 0 heterocycles. The van der Waals surface area contributed by atoms with Gasteiger partial charge in [0.1, 0.15) is 0 Å². The van der Waals surface area contributed by atoms with Crippen LogP contribution in [0.4, 0.5) is 13.2 Å². The fraction of sp³-hybridized carbons (Fsp3) is 1.00. The van der Waals surface area contributed by atoms with Gasteiger partial charge in [-0.2, -0.15) is 21.6 Å². The Labute approximate surface area is 64.1 Å². The number of hydrogen-bond donors (Lipinski definition) is 1. The summed E-state index contributed by atoms with van der Waals surface area (Å²) in [5, 5.41) is 0. The van der Waals surface area contributed by atoms with Crippen LogP contribution in [0.15, 0.2) is 0 Å². The van der Waals surface area contributed by atoms with E-state index in [4.69, 9.17) is 16.5 Å². The first kappa shape index (κ1) is 12.8. The third-order valence-electron chi connectivity index (χ3n) is 0.292. The minimum atomic E-state index is -5.84. The predicted molar refractivity (Wildman–Crippen MR) is 18.3 cm³/mol. The molecule has 0 bridgehead atoms. The molecule has 0 atom stereocenters. The molecule has 0 amide bonds. The number of rotatable bonds is 0. The average molecular weight is 231 g/mol. The molecule has 0 aromatic carbocycles. The van der Waals surface area contributed by atoms with Gasteiger partial charge in [0.2, 0.25) is 0 Å². The summed E-state index contributed by atoms with van der Waals surface area (Å²) in [6.45, 7) is 0. The Bertz CT molecular complexity index is 181. The van der Waals surface area contributed by atoms with E-state index in [-0.39, 0.29) is 18.3 Å². The van der Waals surface area contributed by atoms with E-state index in [0.717, 1.165) is 0 Å². The van der Waals surface area contributed by atoms with Crippen LogP contribution in [0.5, 0.6) is 0 Å². The van der Waals surface area contributed by atoms with E-state index in [9.17, 15) is 13.2 Å². The van der Waals surface area contributed by atoms with E-state index in [1.54, 1.807) is 0 Å². The molecule has 0 aliphatic heterocycles. The van der Waals surface area contributed by atoms with Crippen LogP contribution in [-0.4, -0.2) is 18.5 Å². The first-order chi connectivity index (χ1) is 4.25. The van der Waals surface area contributed by atoms with Gasteiger partial charge in [-0.15, -0.1) is 0 Å². The molecule has 0 spiro atoms. The van der Waals surface area contributed by atoms with E-state index in [0.29, 0.717) is 0 Å². The molecule has 0 saturated carbocycles. The number of halogens is 3. The second-order valence-corrected chi connectivity index (χ2v) is 2.33. The quantitative estimate of drug-likeness (QED) is 0.369. The Morgan fingerprint density at radius 2 is 1.30 bits per heavy atom. The van der Waals surface area contributed by atoms with E-state index < -0.39 is 15.6 Å². The maximum absolute atomic E-state index is 10.7. The van der Waals surface area contributed by atoms with E-state index in [1.165, 1.54) is 0 Å². The summed E-state index contributed by atoms with van der Waals surface area (Å²) in [5.74, 6) is 0. The Morgan fingerprint density at radius 3 is 1.30 bits per heavy atom. The standard InChI is InChI=1S/CHF3O3S.O.Zn/c2-1(3,4)8(5,6)7;;/h(H,5,6,7);;. The Morgan fingerprint density at radius 1 is 1.20 bits per heavy atom. The zero-order valence-electron chi connectivity index (χ0n) is 4.42. The molecule has 0 rings (SSSR count). The van der Waals surface area contributed by atoms with Gasteiger partial charge < -0.3 is 0 Å². The minimum absolute atomic E-state index is 0.125. The summed E-state index contributed by atoms with van der Waals surface area (Å²) >= 11 is 0.125. The summed E-state index contributed by atoms with van der Waals surface area (Å²) in [6.07, 6.45) is 0. The van der Waals surface area contributed by atoms with Crippen LogP contribution in [0.1, 0.15) is 0 Å². The fourth-order valence-corrected chi connectivity index (χ4v) is 0. The predicted octanol–water partition coefficient (Wildman–Crippen LogP) is 0.273. The van der Waals surface area contributed by atoms with Crippen LogP contribution in [0.2, 0.25) is 0 Å². The summed E-state index contributed by atoms with van der Waals surface area (Å²) in [6, 6.07) is 0. The van der Waals surface area contributed by atoms with Crippen LogP contribution in [0.3, 0.4) is 0 Å². The van der Waals surface area contributed by atoms with Crippen LogP contribution < -0.4 is 0 Å². The number of hydrogen-bond acceptors (Lipinski definition) is 3. The molecule has 58 valence electrons. The van der Waals surface area contributed by atoms with Crippen LogP contribution in [0, 0.1) is 0 Å². The van der Waals surface area contributed by atoms with Crippen molar-refractivity contribution >= 4 is 10.1 Å². The maximum atomic E-state index is 10.7. The Hall–Kier alpha value is 0.123. The van der Waals surface area contributed by atoms with Gasteiger partial charge in [0.05, 0.1) is 0 Å². The third-order valence-corrected chi connectivity index (χ3v) is 0.877. The molecule has 1 N–H and O–H groups in total. The van der Waals surface area contributed by atoms with Gasteiger partial charge in [-0.25, -0.2) is 0 Å². The fourth-order valence-electron chi connectivity index (χ4n) is 0. The van der Waals surface area contributed by atoms with Gasteiger partial charge in [0.15, 0.2) is 0 Å². The third kappa shape index (κ3) is 4.95. The van der Waals surface area contributed by atoms with Gasteiger partial charge >= 0.3 is 37.5 Å². The van der Waals surface area contributed by atoms with Gasteiger partial charge in [-0.3, -0.25) is 4.55 Å². The molecule has 0 unspecified atom stereocenters. The van der Waals surface area contributed by atoms with Crippen molar-refractivity contribution < 1.29 is 48.0 Å². The van der Waals surface area contributed by atoms with Gasteiger partial charge in [0, 0.05) is 0 Å². The van der Waals surface area contributed by atoms with E-state index in [1.807, 2.05) is 0 Å². The molecule has 9 heteroatoms. The van der Waals surface area contributed by atoms with Crippen molar-refractivity contribution in [3.63, 3.8) is 0 Å². The van der Waals surface area contributed by atoms with E-state index in [2.05, 4.69) is 0 Å². The van der Waals surface area contributed by atoms with Crippen LogP contribution in [0.25, 0.3) is 0 Å². The second kappa shape index (κ2) is 4.10. The van der Waals surface area contributed by atoms with Gasteiger partial charge in [0.25, 0.3) is 0 Å². The topological polar surface area (TPSA) is 71.4 Å². The van der Waals surface area contributed by atoms with Crippen molar-refractivity contribution in [1.29, 1.82) is 0 Å². The zero-order chi connectivity index (χ0) is 9.00. The van der Waals surface area contributed by atoms with Crippen molar-refractivity contribution in [1.82, 2.24) is 0 Å². The van der Waals surface area contributed by atoms with Crippen LogP contribution in [-0.2, 0) is 31.9 Å². The van der Waals surface area contributed by atoms with Crippen molar-refractivity contribution in [3.05, 3.63) is 0 Å². The van der Waals surface area contributed by atoms with Gasteiger partial charge in [-0.05, 0) is 0 Å². The molecule has 4 nitrogen and oxygen atoms in total. The summed E-state index contributed by atoms with van der Waals surface area (Å²) in [5.41, 5.74) is -5.53. The summed E-state index contributed by atoms with van der Waals surface area (Å²) in [7, 11) is -5.84. The first-order valence-electron chi connectivity index (χ1n) is 1.58. The Balaban J connectivity index is 0. The monoisotopic (exact) mass is 230 g/mol. The summed E-state index contributed by atoms with van der Waals surface area (Å²) < 4.78 is 65.9. The molecule has 0 radical (unpaired) electrons. The van der Waals surface area contributed by atoms with E-state index >= 15 is 0 Å². The average Bonchev–Trinajstić information content (AvgIpc) is 1.66. The van der Waals surface area contributed by atoms with Crippen molar-refractivity contribution in [2.24, 2.45) is 0 Å². The molecular formula is CHF3O4SZn. The molecule has 0 aromatic rings. The molecule has 0 aromatic heterocycles. The normalized spacial score (nSPS) is 11.8. The molecule has 10 heavy (non-hydrogen) atoms. The van der Waals surface area contributed by atoms with Crippen molar-refractivity contribution in [2.75, 3.05) is 0 Å². The van der Waals surface area contributed by atoms with Crippen molar-refractivity contribution in [2.45, 2.75) is 5.51 Å². The molecule has 0 fully saturated rings. The molecular weight excluding hydrogens is 230 g/mol. The SMILES string of the molecule is O=S(=O)(O)C(F)(F)F.[O]=[Zn]. The molecule has 0 saturated heterocycles. The van der Waals surface area contributed by atoms with Gasteiger partial charge in [-0.1, -0.05) is 0 Å². The van der Waals surface area contributed by atoms with Crippen molar-refractivity contribution in [3.8, 4) is 0 Å². The second-order valence-electron chi connectivity index (χ2n) is 0.921. The summed E-state index contributed by atoms with van der Waals surface area (Å²) in [4.78, 5) is 0. The molecule has 0 aliphatic carbocycles. The Kier molecular flexibility index (Phi) is 5.23. The number of alkyl halides is 3. The first-order valence-corrected chi connectivity index (χ1v) is 4.23. The van der Waals surface area contributed by atoms with Crippen LogP contribution >= 0.6 is 0 Å². The molecule has 0 aliphatic rings.